The van der Waals surface area contributed by atoms with Crippen LogP contribution in [0.2, 0.25) is 0 Å². The first-order valence-electron chi connectivity index (χ1n) is 7.64. The Morgan fingerprint density at radius 3 is 2.81 bits per heavy atom. The lowest BCUT2D eigenvalue weighted by atomic mass is 9.94. The molecule has 2 fully saturated rings. The van der Waals surface area contributed by atoms with Crippen molar-refractivity contribution in [2.45, 2.75) is 44.4 Å². The van der Waals surface area contributed by atoms with Crippen LogP contribution in [0.3, 0.4) is 0 Å². The largest absolute Gasteiger partial charge is 0.503 e. The summed E-state index contributed by atoms with van der Waals surface area (Å²) in [4.78, 5) is 0.923. The highest BCUT2D eigenvalue weighted by Gasteiger charge is 2.57. The third-order valence-electron chi connectivity index (χ3n) is 4.71. The Bertz CT molecular complexity index is 552. The number of allylic oxidation sites excluding steroid dienone is 4. The summed E-state index contributed by atoms with van der Waals surface area (Å²) in [6.07, 6.45) is 11.4. The predicted octanol–water partition coefficient (Wildman–Crippen LogP) is 0.617. The van der Waals surface area contributed by atoms with Gasteiger partial charge in [-0.2, -0.15) is 0 Å². The van der Waals surface area contributed by atoms with Crippen molar-refractivity contribution in [2.24, 2.45) is 5.92 Å². The number of hydrogen-bond donors (Lipinski definition) is 4. The number of fused-ring (bicyclic) bond motifs is 1. The smallest absolute Gasteiger partial charge is 0.185 e. The van der Waals surface area contributed by atoms with Crippen molar-refractivity contribution < 1.29 is 20.2 Å². The fourth-order valence-electron chi connectivity index (χ4n) is 3.33. The molecular weight excluding hydrogens is 266 g/mol. The van der Waals surface area contributed by atoms with Gasteiger partial charge in [0, 0.05) is 0 Å². The van der Waals surface area contributed by atoms with Crippen LogP contribution in [-0.2, 0) is 0 Å². The Hall–Kier alpha value is -1.36. The fraction of sp³-hybridized carbons (Fsp3) is 0.529. The van der Waals surface area contributed by atoms with Crippen molar-refractivity contribution in [3.8, 4) is 0 Å². The molecule has 1 saturated carbocycles. The van der Waals surface area contributed by atoms with Crippen LogP contribution in [0.5, 0.6) is 0 Å². The first-order valence-corrected chi connectivity index (χ1v) is 7.64. The summed E-state index contributed by atoms with van der Waals surface area (Å²) in [5.74, 6) is 0.789. The first kappa shape index (κ1) is 14.6. The average molecular weight is 290 g/mol. The zero-order valence-electron chi connectivity index (χ0n) is 12.6. The molecule has 0 aromatic heterocycles. The second-order valence-electron chi connectivity index (χ2n) is 6.62. The molecule has 4 nitrogen and oxygen atoms in total. The summed E-state index contributed by atoms with van der Waals surface area (Å²) in [6.45, 7) is 4.25. The highest BCUT2D eigenvalue weighted by Crippen LogP contribution is 2.31. The van der Waals surface area contributed by atoms with Gasteiger partial charge in [-0.25, -0.2) is 0 Å². The summed E-state index contributed by atoms with van der Waals surface area (Å²) in [5.41, 5.74) is 0.188. The Labute approximate surface area is 125 Å². The van der Waals surface area contributed by atoms with Crippen LogP contribution >= 0.6 is 0 Å². The van der Waals surface area contributed by atoms with E-state index in [0.29, 0.717) is 12.2 Å². The van der Waals surface area contributed by atoms with Crippen LogP contribution in [0.1, 0.15) is 26.7 Å². The molecule has 4 heteroatoms. The number of aliphatic hydroxyl groups excluding tert-OH is 2. The van der Waals surface area contributed by atoms with Gasteiger partial charge in [0.1, 0.15) is 18.7 Å². The number of quaternary nitrogens is 1. The first-order chi connectivity index (χ1) is 9.91. The third kappa shape index (κ3) is 2.59. The predicted molar refractivity (Wildman–Crippen MR) is 80.7 cm³/mol. The minimum atomic E-state index is -1.40. The number of hydrogen-bond acceptors (Lipinski definition) is 3. The highest BCUT2D eigenvalue weighted by molar-refractivity contribution is 5.31. The molecular formula is C17H24NO3+. The van der Waals surface area contributed by atoms with Crippen molar-refractivity contribution in [2.75, 3.05) is 6.54 Å². The van der Waals surface area contributed by atoms with Gasteiger partial charge in [-0.1, -0.05) is 12.2 Å². The van der Waals surface area contributed by atoms with E-state index >= 15 is 0 Å². The van der Waals surface area contributed by atoms with E-state index in [4.69, 9.17) is 0 Å². The van der Waals surface area contributed by atoms with E-state index in [1.165, 1.54) is 12.8 Å². The number of aliphatic hydroxyl groups is 3. The average Bonchev–Trinajstić information content (AvgIpc) is 3.22. The molecule has 1 unspecified atom stereocenters. The maximum Gasteiger partial charge on any atom is 0.185 e. The van der Waals surface area contributed by atoms with Crippen LogP contribution < -0.4 is 4.90 Å². The lowest BCUT2D eigenvalue weighted by Crippen LogP contribution is -3.13. The Morgan fingerprint density at radius 1 is 1.43 bits per heavy atom. The molecule has 2 heterocycles. The second kappa shape index (κ2) is 5.13. The number of nitrogens with one attached hydrogen (secondary N) is 1. The topological polar surface area (TPSA) is 65.1 Å². The van der Waals surface area contributed by atoms with E-state index in [0.717, 1.165) is 16.4 Å². The van der Waals surface area contributed by atoms with Crippen LogP contribution in [0, 0.1) is 5.92 Å². The molecule has 0 radical (unpaired) electrons. The van der Waals surface area contributed by atoms with Gasteiger partial charge in [-0.3, -0.25) is 4.90 Å². The third-order valence-corrected chi connectivity index (χ3v) is 4.71. The SMILES string of the molecule is CC(/C=C/C1CC1)=C\[C@H]1[C@H](O)[C@@](C)(O)C2=C(O)C=CC[NH+]21. The summed E-state index contributed by atoms with van der Waals surface area (Å²) in [6, 6.07) is -0.244. The van der Waals surface area contributed by atoms with Gasteiger partial charge >= 0.3 is 0 Å². The van der Waals surface area contributed by atoms with Gasteiger partial charge < -0.3 is 15.3 Å². The van der Waals surface area contributed by atoms with Crippen LogP contribution in [0.4, 0.5) is 0 Å². The van der Waals surface area contributed by atoms with E-state index < -0.39 is 11.7 Å². The van der Waals surface area contributed by atoms with Gasteiger partial charge in [-0.05, 0) is 56.4 Å². The molecule has 0 aromatic rings. The molecule has 3 rings (SSSR count). The molecule has 1 aliphatic carbocycles. The highest BCUT2D eigenvalue weighted by atomic mass is 16.3. The fourth-order valence-corrected chi connectivity index (χ4v) is 3.33. The molecule has 0 amide bonds. The summed E-state index contributed by atoms with van der Waals surface area (Å²) in [7, 11) is 0. The van der Waals surface area contributed by atoms with Gasteiger partial charge in [0.25, 0.3) is 0 Å². The van der Waals surface area contributed by atoms with E-state index in [9.17, 15) is 15.3 Å². The minimum absolute atomic E-state index is 0.0716. The lowest BCUT2D eigenvalue weighted by molar-refractivity contribution is -0.869. The Kier molecular flexibility index (Phi) is 3.56. The van der Waals surface area contributed by atoms with Crippen molar-refractivity contribution in [1.82, 2.24) is 0 Å². The summed E-state index contributed by atoms with van der Waals surface area (Å²) >= 11 is 0. The summed E-state index contributed by atoms with van der Waals surface area (Å²) < 4.78 is 0. The molecule has 0 aromatic carbocycles. The molecule has 1 saturated heterocycles. The molecule has 2 aliphatic heterocycles. The quantitative estimate of drug-likeness (QED) is 0.576. The van der Waals surface area contributed by atoms with Crippen molar-refractivity contribution in [1.29, 1.82) is 0 Å². The van der Waals surface area contributed by atoms with Gasteiger partial charge in [0.2, 0.25) is 0 Å². The Balaban J connectivity index is 1.89. The molecule has 4 N–H and O–H groups in total. The van der Waals surface area contributed by atoms with E-state index in [1.807, 2.05) is 19.1 Å². The van der Waals surface area contributed by atoms with Gasteiger partial charge in [-0.15, -0.1) is 0 Å². The van der Waals surface area contributed by atoms with Crippen LogP contribution in [-0.4, -0.2) is 39.6 Å². The van der Waals surface area contributed by atoms with E-state index in [2.05, 4.69) is 12.2 Å². The Morgan fingerprint density at radius 2 is 2.14 bits per heavy atom. The standard InChI is InChI=1S/C17H23NO3/c1-11(5-6-12-7-8-12)10-13-16(20)17(2,21)15-14(19)4-3-9-18(13)15/h3-6,10,12-13,16,19-21H,7-9H2,1-2H3/p+1/b6-5+,11-10+/t13-,16-,17-/m0/s1. The minimum Gasteiger partial charge on any atom is -0.503 e. The maximum absolute atomic E-state index is 10.6. The van der Waals surface area contributed by atoms with Crippen molar-refractivity contribution in [3.63, 3.8) is 0 Å². The maximum atomic E-state index is 10.6. The van der Waals surface area contributed by atoms with Gasteiger partial charge in [0.15, 0.2) is 17.1 Å². The van der Waals surface area contributed by atoms with Crippen LogP contribution in [0.25, 0.3) is 0 Å². The second-order valence-corrected chi connectivity index (χ2v) is 6.62. The zero-order valence-corrected chi connectivity index (χ0v) is 12.6. The molecule has 4 atom stereocenters. The molecule has 3 aliphatic rings. The molecule has 21 heavy (non-hydrogen) atoms. The van der Waals surface area contributed by atoms with E-state index in [-0.39, 0.29) is 11.8 Å². The van der Waals surface area contributed by atoms with Crippen molar-refractivity contribution in [3.05, 3.63) is 47.4 Å². The lowest BCUT2D eigenvalue weighted by Gasteiger charge is -2.23. The van der Waals surface area contributed by atoms with E-state index in [1.54, 1.807) is 13.0 Å². The molecule has 114 valence electrons. The molecule has 0 bridgehead atoms. The summed E-state index contributed by atoms with van der Waals surface area (Å²) in [5, 5.41) is 31.1. The monoisotopic (exact) mass is 290 g/mol. The zero-order chi connectivity index (χ0) is 15.2. The normalized spacial score (nSPS) is 40.2. The van der Waals surface area contributed by atoms with Crippen LogP contribution in [0.15, 0.2) is 47.4 Å². The van der Waals surface area contributed by atoms with Gasteiger partial charge in [0.05, 0.1) is 0 Å². The van der Waals surface area contributed by atoms with Crippen molar-refractivity contribution >= 4 is 0 Å². The molecule has 0 spiro atoms. The number of rotatable bonds is 3.